The van der Waals surface area contributed by atoms with Crippen molar-refractivity contribution in [2.75, 3.05) is 51.2 Å². The lowest BCUT2D eigenvalue weighted by atomic mass is 10.3. The summed E-state index contributed by atoms with van der Waals surface area (Å²) in [5.74, 6) is 0.803. The summed E-state index contributed by atoms with van der Waals surface area (Å²) in [5.41, 5.74) is 1.50. The Kier molecular flexibility index (Phi) is 6.45. The van der Waals surface area contributed by atoms with Crippen LogP contribution in [0, 0.1) is 0 Å². The monoisotopic (exact) mass is 476 g/mol. The first-order valence-electron chi connectivity index (χ1n) is 7.90. The van der Waals surface area contributed by atoms with Crippen LogP contribution in [0.25, 0.3) is 0 Å². The second kappa shape index (κ2) is 8.81. The number of methoxy groups -OCH3 is 2. The van der Waals surface area contributed by atoms with Crippen molar-refractivity contribution in [3.8, 4) is 11.5 Å². The summed E-state index contributed by atoms with van der Waals surface area (Å²) in [6, 6.07) is 0. The van der Waals surface area contributed by atoms with E-state index in [1.807, 2.05) is 5.38 Å². The van der Waals surface area contributed by atoms with E-state index in [0.29, 0.717) is 35.3 Å². The van der Waals surface area contributed by atoms with Gasteiger partial charge in [0.15, 0.2) is 11.5 Å². The van der Waals surface area contributed by atoms with E-state index in [2.05, 4.69) is 36.0 Å². The van der Waals surface area contributed by atoms with Gasteiger partial charge >= 0.3 is 11.9 Å². The minimum Gasteiger partial charge on any atom is -0.489 e. The smallest absolute Gasteiger partial charge is 0.350 e. The molecule has 2 aliphatic rings. The van der Waals surface area contributed by atoms with Crippen LogP contribution in [0.5, 0.6) is 11.5 Å². The van der Waals surface area contributed by atoms with Crippen molar-refractivity contribution in [2.45, 2.75) is 0 Å². The molecule has 0 radical (unpaired) electrons. The van der Waals surface area contributed by atoms with Crippen molar-refractivity contribution in [3.63, 3.8) is 0 Å². The van der Waals surface area contributed by atoms with Crippen molar-refractivity contribution >= 4 is 61.9 Å². The second-order valence-corrected chi connectivity index (χ2v) is 8.46. The van der Waals surface area contributed by atoms with Crippen molar-refractivity contribution in [1.82, 2.24) is 0 Å². The summed E-state index contributed by atoms with van der Waals surface area (Å²) < 4.78 is 20.9. The molecule has 0 spiro atoms. The number of hydrogen-bond acceptors (Lipinski definition) is 10. The number of fused-ring (bicyclic) bond motifs is 2. The maximum absolute atomic E-state index is 11.4. The van der Waals surface area contributed by atoms with Gasteiger partial charge in [-0.2, -0.15) is 0 Å². The van der Waals surface area contributed by atoms with Crippen LogP contribution < -0.4 is 20.1 Å². The number of anilines is 2. The number of hydrogen-bond donors (Lipinski definition) is 2. The third-order valence-corrected chi connectivity index (χ3v) is 6.36. The van der Waals surface area contributed by atoms with Crippen molar-refractivity contribution in [2.24, 2.45) is 0 Å². The topological polar surface area (TPSA) is 95.1 Å². The molecule has 0 saturated carbocycles. The lowest BCUT2D eigenvalue weighted by molar-refractivity contribution is 0.0598. The summed E-state index contributed by atoms with van der Waals surface area (Å²) in [4.78, 5) is 23.7. The molecule has 4 heterocycles. The number of nitrogens with one attached hydrogen (secondary N) is 2. The van der Waals surface area contributed by atoms with Gasteiger partial charge in [-0.3, -0.25) is 0 Å². The van der Waals surface area contributed by atoms with Crippen LogP contribution in [-0.4, -0.2) is 52.5 Å². The lowest BCUT2D eigenvalue weighted by Gasteiger charge is -2.16. The van der Waals surface area contributed by atoms with E-state index in [4.69, 9.17) is 9.47 Å². The molecule has 4 rings (SSSR count). The maximum atomic E-state index is 11.4. The van der Waals surface area contributed by atoms with Crippen LogP contribution in [0.3, 0.4) is 0 Å². The fourth-order valence-electron chi connectivity index (χ4n) is 2.44. The van der Waals surface area contributed by atoms with Gasteiger partial charge in [-0.1, -0.05) is 0 Å². The Morgan fingerprint density at radius 3 is 2.37 bits per heavy atom. The maximum Gasteiger partial charge on any atom is 0.350 e. The van der Waals surface area contributed by atoms with Crippen LogP contribution in [0.15, 0.2) is 9.17 Å². The molecule has 0 unspecified atom stereocenters. The standard InChI is InChI=1S/C8H8BrNO3S.C8H9NO3S/c1-12-8(11)6-4-5(7(9)14-6)13-3-2-10-4;1-11-8(10)7-6-5(4-13-7)12-3-2-9-6/h10H,2-3H2,1H3;4,9H,2-3H2,1H3. The molecule has 2 N–H and O–H groups in total. The predicted octanol–water partition coefficient (Wildman–Crippen LogP) is 3.44. The number of ether oxygens (including phenoxy) is 4. The number of carbonyl (C=O) groups is 2. The van der Waals surface area contributed by atoms with Crippen LogP contribution in [0.1, 0.15) is 19.3 Å². The molecule has 146 valence electrons. The quantitative estimate of drug-likeness (QED) is 0.636. The van der Waals surface area contributed by atoms with Crippen LogP contribution in [0.2, 0.25) is 0 Å². The Hall–Kier alpha value is -1.98. The molecule has 0 saturated heterocycles. The molecule has 27 heavy (non-hydrogen) atoms. The van der Waals surface area contributed by atoms with Gasteiger partial charge in [-0.15, -0.1) is 22.7 Å². The van der Waals surface area contributed by atoms with E-state index < -0.39 is 0 Å². The number of carbonyl (C=O) groups excluding carboxylic acids is 2. The van der Waals surface area contributed by atoms with Gasteiger partial charge in [0.2, 0.25) is 0 Å². The summed E-state index contributed by atoms with van der Waals surface area (Å²) >= 11 is 6.00. The highest BCUT2D eigenvalue weighted by Crippen LogP contribution is 2.45. The zero-order valence-electron chi connectivity index (χ0n) is 14.5. The first kappa shape index (κ1) is 19.8. The highest BCUT2D eigenvalue weighted by Gasteiger charge is 2.25. The van der Waals surface area contributed by atoms with Crippen LogP contribution in [0.4, 0.5) is 11.4 Å². The normalized spacial score (nSPS) is 13.9. The fourth-order valence-corrected chi connectivity index (χ4v) is 4.98. The van der Waals surface area contributed by atoms with E-state index in [-0.39, 0.29) is 11.9 Å². The molecule has 2 aromatic rings. The third kappa shape index (κ3) is 4.14. The minimum atomic E-state index is -0.338. The van der Waals surface area contributed by atoms with Gasteiger partial charge in [0.25, 0.3) is 0 Å². The summed E-state index contributed by atoms with van der Waals surface area (Å²) in [5, 5.41) is 8.05. The molecule has 0 bridgehead atoms. The van der Waals surface area contributed by atoms with Gasteiger partial charge in [-0.05, 0) is 15.9 Å². The van der Waals surface area contributed by atoms with Crippen molar-refractivity contribution < 1.29 is 28.5 Å². The molecule has 2 aliphatic heterocycles. The second-order valence-electron chi connectivity index (χ2n) is 5.25. The lowest BCUT2D eigenvalue weighted by Crippen LogP contribution is -2.18. The Morgan fingerprint density at radius 2 is 1.67 bits per heavy atom. The molecular formula is C16H17BrN2O6S2. The Labute approximate surface area is 171 Å². The van der Waals surface area contributed by atoms with Crippen LogP contribution >= 0.6 is 38.6 Å². The molecular weight excluding hydrogens is 460 g/mol. The molecule has 11 heteroatoms. The molecule has 8 nitrogen and oxygen atoms in total. The number of esters is 2. The third-order valence-electron chi connectivity index (χ3n) is 3.63. The van der Waals surface area contributed by atoms with E-state index >= 15 is 0 Å². The van der Waals surface area contributed by atoms with Gasteiger partial charge in [0.1, 0.15) is 38.1 Å². The van der Waals surface area contributed by atoms with Gasteiger partial charge < -0.3 is 29.6 Å². The fraction of sp³-hybridized carbons (Fsp3) is 0.375. The summed E-state index contributed by atoms with van der Waals surface area (Å²) in [6.07, 6.45) is 0. The SMILES string of the molecule is COC(=O)c1sc(Br)c2c1NCCO2.COC(=O)c1scc2c1NCCO2. The van der Waals surface area contributed by atoms with E-state index in [9.17, 15) is 9.59 Å². The Bertz CT molecular complexity index is 850. The average molecular weight is 477 g/mol. The van der Waals surface area contributed by atoms with E-state index in [1.165, 1.54) is 36.9 Å². The first-order chi connectivity index (χ1) is 13.1. The molecule has 2 aromatic heterocycles. The first-order valence-corrected chi connectivity index (χ1v) is 10.4. The highest BCUT2D eigenvalue weighted by molar-refractivity contribution is 9.11. The zero-order valence-corrected chi connectivity index (χ0v) is 17.8. The molecule has 0 fully saturated rings. The number of thiophene rings is 2. The van der Waals surface area contributed by atoms with E-state index in [0.717, 1.165) is 27.5 Å². The largest absolute Gasteiger partial charge is 0.489 e. The van der Waals surface area contributed by atoms with Crippen LogP contribution in [-0.2, 0) is 9.47 Å². The zero-order chi connectivity index (χ0) is 19.4. The molecule has 0 aromatic carbocycles. The average Bonchev–Trinajstić information content (AvgIpc) is 3.29. The molecule has 0 atom stereocenters. The summed E-state index contributed by atoms with van der Waals surface area (Å²) in [6.45, 7) is 2.70. The minimum absolute atomic E-state index is 0.316. The molecule has 0 amide bonds. The van der Waals surface area contributed by atoms with E-state index in [1.54, 1.807) is 0 Å². The highest BCUT2D eigenvalue weighted by atomic mass is 79.9. The molecule has 0 aliphatic carbocycles. The van der Waals surface area contributed by atoms with Crippen molar-refractivity contribution in [3.05, 3.63) is 18.9 Å². The van der Waals surface area contributed by atoms with Crippen molar-refractivity contribution in [1.29, 1.82) is 0 Å². The summed E-state index contributed by atoms with van der Waals surface area (Å²) in [7, 11) is 2.74. The number of rotatable bonds is 2. The van der Waals surface area contributed by atoms with Gasteiger partial charge in [-0.25, -0.2) is 9.59 Å². The number of halogens is 1. The van der Waals surface area contributed by atoms with Gasteiger partial charge in [0, 0.05) is 18.5 Å². The Morgan fingerprint density at radius 1 is 1.04 bits per heavy atom. The predicted molar refractivity (Wildman–Crippen MR) is 107 cm³/mol. The van der Waals surface area contributed by atoms with Gasteiger partial charge in [0.05, 0.1) is 14.2 Å². The Balaban J connectivity index is 0.000000156.